The number of carbonyl (C=O) groups is 1. The molecule has 0 bridgehead atoms. The number of carbonyl (C=O) groups excluding carboxylic acids is 1. The van der Waals surface area contributed by atoms with Gasteiger partial charge < -0.3 is 9.73 Å². The quantitative estimate of drug-likeness (QED) is 0.740. The van der Waals surface area contributed by atoms with E-state index in [1.807, 2.05) is 25.1 Å². The number of nitrogens with one attached hydrogen (secondary N) is 1. The lowest BCUT2D eigenvalue weighted by Gasteiger charge is -2.03. The summed E-state index contributed by atoms with van der Waals surface area (Å²) >= 11 is 5.68. The first-order valence-electron chi connectivity index (χ1n) is 6.29. The monoisotopic (exact) mass is 303 g/mol. The maximum absolute atomic E-state index is 13.1. The highest BCUT2D eigenvalue weighted by Crippen LogP contribution is 2.23. The lowest BCUT2D eigenvalue weighted by atomic mass is 10.2. The number of fused-ring (bicyclic) bond motifs is 1. The van der Waals surface area contributed by atoms with Crippen molar-refractivity contribution in [2.45, 2.75) is 6.92 Å². The first-order valence-corrected chi connectivity index (χ1v) is 6.67. The summed E-state index contributed by atoms with van der Waals surface area (Å²) in [6.45, 7) is 1.95. The minimum Gasteiger partial charge on any atom is -0.451 e. The molecule has 1 aromatic heterocycles. The Balaban J connectivity index is 1.87. The Bertz CT molecular complexity index is 841. The number of rotatable bonds is 2. The van der Waals surface area contributed by atoms with Gasteiger partial charge in [-0.05, 0) is 42.8 Å². The largest absolute Gasteiger partial charge is 0.451 e. The lowest BCUT2D eigenvalue weighted by molar-refractivity contribution is 0.0998. The fourth-order valence-electron chi connectivity index (χ4n) is 2.02. The molecule has 1 heterocycles. The van der Waals surface area contributed by atoms with E-state index in [2.05, 4.69) is 5.32 Å². The van der Waals surface area contributed by atoms with E-state index in [4.69, 9.17) is 16.0 Å². The zero-order valence-electron chi connectivity index (χ0n) is 11.1. The Kier molecular flexibility index (Phi) is 3.39. The first-order chi connectivity index (χ1) is 10.0. The van der Waals surface area contributed by atoms with Crippen molar-refractivity contribution in [2.75, 3.05) is 5.32 Å². The van der Waals surface area contributed by atoms with Crippen molar-refractivity contribution in [3.05, 3.63) is 64.6 Å². The number of aryl methyl sites for hydroxylation is 1. The zero-order valence-corrected chi connectivity index (χ0v) is 11.9. The maximum Gasteiger partial charge on any atom is 0.291 e. The number of benzene rings is 2. The van der Waals surface area contributed by atoms with Crippen LogP contribution < -0.4 is 5.32 Å². The summed E-state index contributed by atoms with van der Waals surface area (Å²) in [4.78, 5) is 12.1. The Labute approximate surface area is 125 Å². The molecular weight excluding hydrogens is 293 g/mol. The van der Waals surface area contributed by atoms with Crippen LogP contribution in [-0.4, -0.2) is 5.91 Å². The third-order valence-electron chi connectivity index (χ3n) is 3.08. The van der Waals surface area contributed by atoms with Gasteiger partial charge in [0.05, 0.1) is 5.02 Å². The Morgan fingerprint density at radius 1 is 1.19 bits per heavy atom. The maximum atomic E-state index is 13.1. The molecule has 106 valence electrons. The molecule has 2 aromatic carbocycles. The number of hydrogen-bond acceptors (Lipinski definition) is 2. The van der Waals surface area contributed by atoms with Crippen LogP contribution in [0.15, 0.2) is 46.9 Å². The van der Waals surface area contributed by atoms with E-state index in [0.29, 0.717) is 11.3 Å². The first kappa shape index (κ1) is 13.6. The van der Waals surface area contributed by atoms with Gasteiger partial charge in [-0.25, -0.2) is 4.39 Å². The summed E-state index contributed by atoms with van der Waals surface area (Å²) in [5.74, 6) is -0.753. The van der Waals surface area contributed by atoms with Gasteiger partial charge in [-0.15, -0.1) is 0 Å². The molecule has 0 saturated carbocycles. The second kappa shape index (κ2) is 5.22. The summed E-state index contributed by atoms with van der Waals surface area (Å²) in [6.07, 6.45) is 0. The Morgan fingerprint density at radius 2 is 2.00 bits per heavy atom. The van der Waals surface area contributed by atoms with Crippen LogP contribution in [0, 0.1) is 12.7 Å². The molecule has 3 nitrogen and oxygen atoms in total. The molecule has 0 fully saturated rings. The van der Waals surface area contributed by atoms with Crippen molar-refractivity contribution in [2.24, 2.45) is 0 Å². The molecule has 3 aromatic rings. The number of amides is 1. The molecule has 0 atom stereocenters. The van der Waals surface area contributed by atoms with Gasteiger partial charge in [0.25, 0.3) is 5.91 Å². The average molecular weight is 304 g/mol. The SMILES string of the molecule is Cc1ccc2cc(C(=O)Nc3ccc(F)c(Cl)c3)oc2c1. The van der Waals surface area contributed by atoms with Crippen LogP contribution in [0.3, 0.4) is 0 Å². The normalized spacial score (nSPS) is 10.8. The predicted octanol–water partition coefficient (Wildman–Crippen LogP) is 4.79. The third kappa shape index (κ3) is 2.76. The molecule has 5 heteroatoms. The molecule has 0 spiro atoms. The number of halogens is 2. The molecule has 0 radical (unpaired) electrons. The van der Waals surface area contributed by atoms with Crippen LogP contribution in [0.25, 0.3) is 11.0 Å². The average Bonchev–Trinajstić information content (AvgIpc) is 2.86. The summed E-state index contributed by atoms with van der Waals surface area (Å²) in [7, 11) is 0. The van der Waals surface area contributed by atoms with Crippen LogP contribution in [0.2, 0.25) is 5.02 Å². The third-order valence-corrected chi connectivity index (χ3v) is 3.37. The van der Waals surface area contributed by atoms with Gasteiger partial charge in [0, 0.05) is 11.1 Å². The second-order valence-electron chi connectivity index (χ2n) is 4.73. The molecular formula is C16H11ClFNO2. The number of anilines is 1. The molecule has 1 N–H and O–H groups in total. The summed E-state index contributed by atoms with van der Waals surface area (Å²) < 4.78 is 18.6. The molecule has 21 heavy (non-hydrogen) atoms. The van der Waals surface area contributed by atoms with Crippen molar-refractivity contribution in [1.29, 1.82) is 0 Å². The van der Waals surface area contributed by atoms with Crippen molar-refractivity contribution in [3.63, 3.8) is 0 Å². The molecule has 0 aliphatic heterocycles. The fraction of sp³-hybridized carbons (Fsp3) is 0.0625. The Hall–Kier alpha value is -2.33. The van der Waals surface area contributed by atoms with Crippen molar-refractivity contribution < 1.29 is 13.6 Å². The van der Waals surface area contributed by atoms with Gasteiger partial charge in [0.15, 0.2) is 5.76 Å². The fourth-order valence-corrected chi connectivity index (χ4v) is 2.20. The van der Waals surface area contributed by atoms with E-state index in [1.54, 1.807) is 6.07 Å². The molecule has 0 saturated heterocycles. The van der Waals surface area contributed by atoms with Crippen LogP contribution in [0.1, 0.15) is 16.1 Å². The van der Waals surface area contributed by atoms with E-state index in [0.717, 1.165) is 10.9 Å². The highest BCUT2D eigenvalue weighted by Gasteiger charge is 2.13. The van der Waals surface area contributed by atoms with E-state index in [1.165, 1.54) is 18.2 Å². The van der Waals surface area contributed by atoms with E-state index in [9.17, 15) is 9.18 Å². The van der Waals surface area contributed by atoms with Crippen LogP contribution in [0.5, 0.6) is 0 Å². The highest BCUT2D eigenvalue weighted by atomic mass is 35.5. The van der Waals surface area contributed by atoms with Crippen LogP contribution >= 0.6 is 11.6 Å². The van der Waals surface area contributed by atoms with Crippen molar-refractivity contribution in [3.8, 4) is 0 Å². The van der Waals surface area contributed by atoms with Gasteiger partial charge >= 0.3 is 0 Å². The molecule has 1 amide bonds. The smallest absolute Gasteiger partial charge is 0.291 e. The van der Waals surface area contributed by atoms with Crippen molar-refractivity contribution >= 4 is 34.2 Å². The molecule has 0 unspecified atom stereocenters. The van der Waals surface area contributed by atoms with E-state index < -0.39 is 11.7 Å². The van der Waals surface area contributed by atoms with Gasteiger partial charge in [0.2, 0.25) is 0 Å². The topological polar surface area (TPSA) is 42.2 Å². The van der Waals surface area contributed by atoms with E-state index >= 15 is 0 Å². The lowest BCUT2D eigenvalue weighted by Crippen LogP contribution is -2.10. The standard InChI is InChI=1S/C16H11ClFNO2/c1-9-2-3-10-7-15(21-14(10)6-9)16(20)19-11-4-5-13(18)12(17)8-11/h2-8H,1H3,(H,19,20). The van der Waals surface area contributed by atoms with Gasteiger partial charge in [-0.2, -0.15) is 0 Å². The van der Waals surface area contributed by atoms with Crippen molar-refractivity contribution in [1.82, 2.24) is 0 Å². The van der Waals surface area contributed by atoms with Crippen LogP contribution in [-0.2, 0) is 0 Å². The number of furan rings is 1. The predicted molar refractivity (Wildman–Crippen MR) is 80.3 cm³/mol. The van der Waals surface area contributed by atoms with Gasteiger partial charge in [0.1, 0.15) is 11.4 Å². The Morgan fingerprint density at radius 3 is 2.76 bits per heavy atom. The minimum atomic E-state index is -0.533. The summed E-state index contributed by atoms with van der Waals surface area (Å²) in [6, 6.07) is 11.3. The zero-order chi connectivity index (χ0) is 15.0. The highest BCUT2D eigenvalue weighted by molar-refractivity contribution is 6.31. The van der Waals surface area contributed by atoms with E-state index in [-0.39, 0.29) is 10.8 Å². The summed E-state index contributed by atoms with van der Waals surface area (Å²) in [5, 5.41) is 3.42. The summed E-state index contributed by atoms with van der Waals surface area (Å²) in [5.41, 5.74) is 2.11. The molecule has 0 aliphatic rings. The number of hydrogen-bond donors (Lipinski definition) is 1. The van der Waals surface area contributed by atoms with Gasteiger partial charge in [-0.3, -0.25) is 4.79 Å². The van der Waals surface area contributed by atoms with Crippen LogP contribution in [0.4, 0.5) is 10.1 Å². The second-order valence-corrected chi connectivity index (χ2v) is 5.14. The minimum absolute atomic E-state index is 0.0481. The molecule has 3 rings (SSSR count). The van der Waals surface area contributed by atoms with Gasteiger partial charge in [-0.1, -0.05) is 23.7 Å². The molecule has 0 aliphatic carbocycles.